The number of carbonyl (C=O) groups is 2. The van der Waals surface area contributed by atoms with Gasteiger partial charge in [-0.15, -0.1) is 0 Å². The SMILES string of the molecule is O=C1CCCN(C(=O)c2cc[nH]c(=O)c2)c2ccccc21. The molecule has 1 aliphatic rings. The number of nitrogens with one attached hydrogen (secondary N) is 1. The second-order valence-corrected chi connectivity index (χ2v) is 4.94. The molecule has 0 saturated heterocycles. The van der Waals surface area contributed by atoms with Gasteiger partial charge >= 0.3 is 0 Å². The van der Waals surface area contributed by atoms with Crippen molar-refractivity contribution in [2.45, 2.75) is 12.8 Å². The third kappa shape index (κ3) is 2.50. The van der Waals surface area contributed by atoms with Crippen LogP contribution in [0.25, 0.3) is 0 Å². The zero-order valence-corrected chi connectivity index (χ0v) is 11.3. The number of nitrogens with zero attached hydrogens (tertiary/aromatic N) is 1. The first-order chi connectivity index (χ1) is 10.2. The summed E-state index contributed by atoms with van der Waals surface area (Å²) in [5, 5.41) is 0. The molecule has 0 aliphatic carbocycles. The number of para-hydroxylation sites is 1. The lowest BCUT2D eigenvalue weighted by atomic mass is 10.1. The van der Waals surface area contributed by atoms with Crippen LogP contribution in [0.4, 0.5) is 5.69 Å². The maximum absolute atomic E-state index is 12.6. The number of hydrogen-bond donors (Lipinski definition) is 1. The van der Waals surface area contributed by atoms with E-state index in [1.807, 2.05) is 0 Å². The molecule has 5 nitrogen and oxygen atoms in total. The van der Waals surface area contributed by atoms with Crippen molar-refractivity contribution >= 4 is 17.4 Å². The highest BCUT2D eigenvalue weighted by Crippen LogP contribution is 2.27. The van der Waals surface area contributed by atoms with E-state index < -0.39 is 0 Å². The van der Waals surface area contributed by atoms with Gasteiger partial charge in [0, 0.05) is 36.4 Å². The molecule has 3 rings (SSSR count). The first-order valence-electron chi connectivity index (χ1n) is 6.79. The number of rotatable bonds is 1. The number of ketones is 1. The highest BCUT2D eigenvalue weighted by atomic mass is 16.2. The Morgan fingerprint density at radius 3 is 2.76 bits per heavy atom. The van der Waals surface area contributed by atoms with Crippen molar-refractivity contribution in [1.29, 1.82) is 0 Å². The zero-order chi connectivity index (χ0) is 14.8. The van der Waals surface area contributed by atoms with Gasteiger partial charge in [-0.1, -0.05) is 12.1 Å². The number of benzene rings is 1. The van der Waals surface area contributed by atoms with E-state index in [0.717, 1.165) is 0 Å². The van der Waals surface area contributed by atoms with E-state index >= 15 is 0 Å². The molecule has 1 aromatic heterocycles. The Hall–Kier alpha value is -2.69. The Kier molecular flexibility index (Phi) is 3.39. The quantitative estimate of drug-likeness (QED) is 0.869. The van der Waals surface area contributed by atoms with Gasteiger partial charge in [0.15, 0.2) is 5.78 Å². The molecular formula is C16H14N2O3. The molecule has 0 atom stereocenters. The third-order valence-corrected chi connectivity index (χ3v) is 3.55. The summed E-state index contributed by atoms with van der Waals surface area (Å²) in [7, 11) is 0. The van der Waals surface area contributed by atoms with Gasteiger partial charge in [0.1, 0.15) is 0 Å². The number of anilines is 1. The van der Waals surface area contributed by atoms with Crippen LogP contribution < -0.4 is 10.5 Å². The lowest BCUT2D eigenvalue weighted by Gasteiger charge is -2.22. The monoisotopic (exact) mass is 282 g/mol. The second-order valence-electron chi connectivity index (χ2n) is 4.94. The van der Waals surface area contributed by atoms with Crippen LogP contribution in [0.15, 0.2) is 47.4 Å². The molecule has 106 valence electrons. The third-order valence-electron chi connectivity index (χ3n) is 3.55. The van der Waals surface area contributed by atoms with Gasteiger partial charge in [-0.25, -0.2) is 0 Å². The first-order valence-corrected chi connectivity index (χ1v) is 6.79. The maximum atomic E-state index is 12.6. The Bertz CT molecular complexity index is 764. The first kappa shape index (κ1) is 13.3. The smallest absolute Gasteiger partial charge is 0.258 e. The van der Waals surface area contributed by atoms with Crippen LogP contribution in [0.3, 0.4) is 0 Å². The summed E-state index contributed by atoms with van der Waals surface area (Å²) < 4.78 is 0. The minimum atomic E-state index is -0.319. The summed E-state index contributed by atoms with van der Waals surface area (Å²) in [6.45, 7) is 0.467. The molecule has 0 unspecified atom stereocenters. The topological polar surface area (TPSA) is 70.2 Å². The molecule has 1 aliphatic heterocycles. The zero-order valence-electron chi connectivity index (χ0n) is 11.3. The van der Waals surface area contributed by atoms with Gasteiger partial charge in [-0.3, -0.25) is 14.4 Å². The standard InChI is InChI=1S/C16H14N2O3/c19-14-6-3-9-18(13-5-2-1-4-12(13)14)16(21)11-7-8-17-15(20)10-11/h1-2,4-5,7-8,10H,3,6,9H2,(H,17,20). The molecule has 0 fully saturated rings. The van der Waals surface area contributed by atoms with E-state index in [9.17, 15) is 14.4 Å². The van der Waals surface area contributed by atoms with Crippen molar-refractivity contribution in [3.63, 3.8) is 0 Å². The Balaban J connectivity index is 2.06. The van der Waals surface area contributed by atoms with Gasteiger partial charge in [-0.2, -0.15) is 0 Å². The molecule has 0 saturated carbocycles. The predicted molar refractivity (Wildman–Crippen MR) is 78.7 cm³/mol. The summed E-state index contributed by atoms with van der Waals surface area (Å²) in [6.07, 6.45) is 2.49. The summed E-state index contributed by atoms with van der Waals surface area (Å²) >= 11 is 0. The Morgan fingerprint density at radius 2 is 1.95 bits per heavy atom. The summed E-state index contributed by atoms with van der Waals surface area (Å²) in [5.74, 6) is -0.213. The van der Waals surface area contributed by atoms with E-state index in [1.54, 1.807) is 35.2 Å². The van der Waals surface area contributed by atoms with Gasteiger partial charge in [-0.05, 0) is 24.6 Å². The minimum Gasteiger partial charge on any atom is -0.329 e. The second kappa shape index (κ2) is 5.36. The van der Waals surface area contributed by atoms with E-state index in [0.29, 0.717) is 36.2 Å². The number of pyridine rings is 1. The highest BCUT2D eigenvalue weighted by Gasteiger charge is 2.25. The fourth-order valence-electron chi connectivity index (χ4n) is 2.54. The van der Waals surface area contributed by atoms with Crippen LogP contribution in [0.2, 0.25) is 0 Å². The van der Waals surface area contributed by atoms with Crippen molar-refractivity contribution in [3.05, 3.63) is 64.1 Å². The number of carbonyl (C=O) groups excluding carboxylic acids is 2. The molecule has 0 bridgehead atoms. The number of hydrogen-bond acceptors (Lipinski definition) is 3. The van der Waals surface area contributed by atoms with Crippen molar-refractivity contribution < 1.29 is 9.59 Å². The number of fused-ring (bicyclic) bond motifs is 1. The molecular weight excluding hydrogens is 268 g/mol. The van der Waals surface area contributed by atoms with Crippen molar-refractivity contribution in [2.75, 3.05) is 11.4 Å². The van der Waals surface area contributed by atoms with Crippen molar-refractivity contribution in [3.8, 4) is 0 Å². The van der Waals surface area contributed by atoms with Crippen LogP contribution in [0, 0.1) is 0 Å². The average Bonchev–Trinajstić information content (AvgIpc) is 2.66. The fourth-order valence-corrected chi connectivity index (χ4v) is 2.54. The van der Waals surface area contributed by atoms with Gasteiger partial charge in [0.05, 0.1) is 5.69 Å². The molecule has 21 heavy (non-hydrogen) atoms. The lowest BCUT2D eigenvalue weighted by molar-refractivity contribution is 0.0973. The lowest BCUT2D eigenvalue weighted by Crippen LogP contribution is -2.32. The normalized spacial score (nSPS) is 14.5. The van der Waals surface area contributed by atoms with E-state index in [4.69, 9.17) is 0 Å². The van der Waals surface area contributed by atoms with Crippen molar-refractivity contribution in [1.82, 2.24) is 4.98 Å². The average molecular weight is 282 g/mol. The molecule has 0 radical (unpaired) electrons. The van der Waals surface area contributed by atoms with Gasteiger partial charge < -0.3 is 9.88 Å². The largest absolute Gasteiger partial charge is 0.329 e. The molecule has 0 spiro atoms. The molecule has 2 heterocycles. The highest BCUT2D eigenvalue weighted by molar-refractivity contribution is 6.11. The Morgan fingerprint density at radius 1 is 1.14 bits per heavy atom. The predicted octanol–water partition coefficient (Wildman–Crippen LogP) is 2.00. The van der Waals surface area contributed by atoms with Crippen LogP contribution in [-0.2, 0) is 0 Å². The molecule has 2 aromatic rings. The summed E-state index contributed by atoms with van der Waals surface area (Å²) in [5.41, 5.74) is 1.18. The van der Waals surface area contributed by atoms with Crippen LogP contribution in [0.1, 0.15) is 33.6 Å². The number of aromatic nitrogens is 1. The van der Waals surface area contributed by atoms with Crippen LogP contribution >= 0.6 is 0 Å². The molecule has 5 heteroatoms. The number of aromatic amines is 1. The summed E-state index contributed by atoms with van der Waals surface area (Å²) in [6, 6.07) is 9.94. The Labute approximate surface area is 121 Å². The van der Waals surface area contributed by atoms with E-state index in [2.05, 4.69) is 4.98 Å². The van der Waals surface area contributed by atoms with Crippen molar-refractivity contribution in [2.24, 2.45) is 0 Å². The van der Waals surface area contributed by atoms with Crippen LogP contribution in [0.5, 0.6) is 0 Å². The molecule has 1 aromatic carbocycles. The van der Waals surface area contributed by atoms with Gasteiger partial charge in [0.2, 0.25) is 5.56 Å². The van der Waals surface area contributed by atoms with E-state index in [-0.39, 0.29) is 17.2 Å². The van der Waals surface area contributed by atoms with Crippen LogP contribution in [-0.4, -0.2) is 23.2 Å². The summed E-state index contributed by atoms with van der Waals surface area (Å²) in [4.78, 5) is 40.1. The fraction of sp³-hybridized carbons (Fsp3) is 0.188. The number of Topliss-reactive ketones (excluding diaryl/α,β-unsaturated/α-hetero) is 1. The maximum Gasteiger partial charge on any atom is 0.258 e. The minimum absolute atomic E-state index is 0.0480. The van der Waals surface area contributed by atoms with E-state index in [1.165, 1.54) is 12.3 Å². The number of H-pyrrole nitrogens is 1. The van der Waals surface area contributed by atoms with Gasteiger partial charge in [0.25, 0.3) is 5.91 Å². The molecule has 1 amide bonds. The number of amides is 1. The molecule has 1 N–H and O–H groups in total.